The van der Waals surface area contributed by atoms with Gasteiger partial charge in [0.2, 0.25) is 0 Å². The molecule has 0 unspecified atom stereocenters. The molecule has 108 valence electrons. The van der Waals surface area contributed by atoms with Gasteiger partial charge in [-0.3, -0.25) is 9.59 Å². The first-order valence-corrected chi connectivity index (χ1v) is 6.82. The van der Waals surface area contributed by atoms with Gasteiger partial charge in [0, 0.05) is 5.02 Å². The zero-order chi connectivity index (χ0) is 14.8. The second kappa shape index (κ2) is 5.71. The van der Waals surface area contributed by atoms with E-state index in [-0.39, 0.29) is 17.7 Å². The van der Waals surface area contributed by atoms with Crippen LogP contribution >= 0.6 is 11.6 Å². The number of phenols is 1. The monoisotopic (exact) mass is 297 g/mol. The average molecular weight is 298 g/mol. The fourth-order valence-corrected chi connectivity index (χ4v) is 2.86. The zero-order valence-corrected chi connectivity index (χ0v) is 11.6. The summed E-state index contributed by atoms with van der Waals surface area (Å²) in [6.45, 7) is 0. The number of aromatic hydroxyl groups is 1. The van der Waals surface area contributed by atoms with E-state index in [1.165, 1.54) is 18.2 Å². The molecule has 1 saturated carbocycles. The average Bonchev–Trinajstić information content (AvgIpc) is 2.79. The number of carboxylic acids is 1. The van der Waals surface area contributed by atoms with Gasteiger partial charge in [-0.2, -0.15) is 0 Å². The third kappa shape index (κ3) is 3.22. The largest absolute Gasteiger partial charge is 0.507 e. The van der Waals surface area contributed by atoms with Gasteiger partial charge in [0.15, 0.2) is 0 Å². The van der Waals surface area contributed by atoms with Gasteiger partial charge in [0.25, 0.3) is 5.91 Å². The molecule has 1 aliphatic rings. The molecule has 0 bridgehead atoms. The maximum Gasteiger partial charge on any atom is 0.305 e. The van der Waals surface area contributed by atoms with Crippen molar-refractivity contribution in [3.05, 3.63) is 28.8 Å². The van der Waals surface area contributed by atoms with Crippen molar-refractivity contribution >= 4 is 23.5 Å². The second-order valence-electron chi connectivity index (χ2n) is 5.17. The normalized spacial score (nSPS) is 16.9. The van der Waals surface area contributed by atoms with Crippen molar-refractivity contribution in [1.29, 1.82) is 0 Å². The number of amides is 1. The van der Waals surface area contributed by atoms with Crippen molar-refractivity contribution in [3.8, 4) is 5.75 Å². The Morgan fingerprint density at radius 2 is 1.95 bits per heavy atom. The minimum atomic E-state index is -0.942. The summed E-state index contributed by atoms with van der Waals surface area (Å²) in [5.74, 6) is -1.61. The molecule has 20 heavy (non-hydrogen) atoms. The maximum absolute atomic E-state index is 12.2. The Labute approximate surface area is 121 Å². The van der Waals surface area contributed by atoms with E-state index < -0.39 is 17.4 Å². The lowest BCUT2D eigenvalue weighted by atomic mass is 9.92. The summed E-state index contributed by atoms with van der Waals surface area (Å²) >= 11 is 5.81. The van der Waals surface area contributed by atoms with E-state index in [9.17, 15) is 14.7 Å². The number of nitrogens with one attached hydrogen (secondary N) is 1. The lowest BCUT2D eigenvalue weighted by Gasteiger charge is -2.28. The summed E-state index contributed by atoms with van der Waals surface area (Å²) < 4.78 is 0. The molecule has 0 radical (unpaired) electrons. The zero-order valence-electron chi connectivity index (χ0n) is 10.9. The highest BCUT2D eigenvalue weighted by molar-refractivity contribution is 6.31. The van der Waals surface area contributed by atoms with Crippen molar-refractivity contribution in [1.82, 2.24) is 5.32 Å². The summed E-state index contributed by atoms with van der Waals surface area (Å²) in [5, 5.41) is 21.8. The summed E-state index contributed by atoms with van der Waals surface area (Å²) in [4.78, 5) is 23.2. The van der Waals surface area contributed by atoms with Crippen molar-refractivity contribution in [2.24, 2.45) is 0 Å². The molecule has 3 N–H and O–H groups in total. The number of halogens is 1. The standard InChI is InChI=1S/C14H16ClNO4/c15-9-3-4-11(17)10(7-9)13(20)16-14(8-12(18)19)5-1-2-6-14/h3-4,7,17H,1-2,5-6,8H2,(H,16,20)(H,18,19). The first-order chi connectivity index (χ1) is 9.42. The second-order valence-corrected chi connectivity index (χ2v) is 5.61. The van der Waals surface area contributed by atoms with Crippen LogP contribution in [0.25, 0.3) is 0 Å². The predicted molar refractivity (Wildman–Crippen MR) is 74.0 cm³/mol. The number of aliphatic carboxylic acids is 1. The number of hydrogen-bond donors (Lipinski definition) is 3. The van der Waals surface area contributed by atoms with E-state index in [1.54, 1.807) is 0 Å². The molecule has 0 aromatic heterocycles. The van der Waals surface area contributed by atoms with Crippen molar-refractivity contribution in [2.75, 3.05) is 0 Å². The molecule has 1 aromatic carbocycles. The highest BCUT2D eigenvalue weighted by Crippen LogP contribution is 2.33. The Hall–Kier alpha value is -1.75. The quantitative estimate of drug-likeness (QED) is 0.797. The molecule has 6 heteroatoms. The smallest absolute Gasteiger partial charge is 0.305 e. The van der Waals surface area contributed by atoms with Gasteiger partial charge in [0.1, 0.15) is 5.75 Å². The van der Waals surface area contributed by atoms with Crippen LogP contribution in [-0.2, 0) is 4.79 Å². The number of carbonyl (C=O) groups excluding carboxylic acids is 1. The number of rotatable bonds is 4. The molecule has 2 rings (SSSR count). The molecule has 0 atom stereocenters. The van der Waals surface area contributed by atoms with Crippen molar-refractivity contribution in [3.63, 3.8) is 0 Å². The van der Waals surface area contributed by atoms with Crippen LogP contribution < -0.4 is 5.32 Å². The summed E-state index contributed by atoms with van der Waals surface area (Å²) in [6.07, 6.45) is 2.92. The van der Waals surface area contributed by atoms with Gasteiger partial charge in [-0.25, -0.2) is 0 Å². The van der Waals surface area contributed by atoms with Crippen LogP contribution in [0.15, 0.2) is 18.2 Å². The number of carboxylic acid groups (broad SMARTS) is 1. The highest BCUT2D eigenvalue weighted by Gasteiger charge is 2.37. The van der Waals surface area contributed by atoms with Crippen molar-refractivity contribution in [2.45, 2.75) is 37.6 Å². The van der Waals surface area contributed by atoms with Gasteiger partial charge < -0.3 is 15.5 Å². The van der Waals surface area contributed by atoms with Crippen LogP contribution in [0, 0.1) is 0 Å². The summed E-state index contributed by atoms with van der Waals surface area (Å²) in [6, 6.07) is 4.20. The third-order valence-corrected chi connectivity index (χ3v) is 3.87. The summed E-state index contributed by atoms with van der Waals surface area (Å²) in [7, 11) is 0. The molecule has 0 spiro atoms. The molecule has 0 heterocycles. The predicted octanol–water partition coefficient (Wildman–Crippen LogP) is 2.56. The first-order valence-electron chi connectivity index (χ1n) is 6.45. The van der Waals surface area contributed by atoms with Crippen LogP contribution in [0.3, 0.4) is 0 Å². The Morgan fingerprint density at radius 1 is 1.30 bits per heavy atom. The van der Waals surface area contributed by atoms with Crippen molar-refractivity contribution < 1.29 is 19.8 Å². The van der Waals surface area contributed by atoms with Gasteiger partial charge in [0.05, 0.1) is 17.5 Å². The Kier molecular flexibility index (Phi) is 4.18. The highest BCUT2D eigenvalue weighted by atomic mass is 35.5. The number of hydrogen-bond acceptors (Lipinski definition) is 3. The lowest BCUT2D eigenvalue weighted by Crippen LogP contribution is -2.47. The molecule has 5 nitrogen and oxygen atoms in total. The molecule has 1 aliphatic carbocycles. The summed E-state index contributed by atoms with van der Waals surface area (Å²) in [5.41, 5.74) is -0.660. The Morgan fingerprint density at radius 3 is 2.55 bits per heavy atom. The number of benzene rings is 1. The third-order valence-electron chi connectivity index (χ3n) is 3.63. The van der Waals surface area contributed by atoms with Gasteiger partial charge in [-0.15, -0.1) is 0 Å². The molecule has 1 amide bonds. The number of carbonyl (C=O) groups is 2. The van der Waals surface area contributed by atoms with Crippen LogP contribution in [0.5, 0.6) is 5.75 Å². The Bertz CT molecular complexity index is 538. The van der Waals surface area contributed by atoms with E-state index in [2.05, 4.69) is 5.32 Å². The molecular weight excluding hydrogens is 282 g/mol. The van der Waals surface area contributed by atoms with E-state index in [0.717, 1.165) is 12.8 Å². The van der Waals surface area contributed by atoms with Crippen LogP contribution in [0.2, 0.25) is 5.02 Å². The maximum atomic E-state index is 12.2. The minimum Gasteiger partial charge on any atom is -0.507 e. The van der Waals surface area contributed by atoms with Gasteiger partial charge >= 0.3 is 5.97 Å². The van der Waals surface area contributed by atoms with E-state index in [0.29, 0.717) is 17.9 Å². The topological polar surface area (TPSA) is 86.6 Å². The first kappa shape index (κ1) is 14.7. The minimum absolute atomic E-state index is 0.0640. The molecule has 0 aliphatic heterocycles. The van der Waals surface area contributed by atoms with Crippen LogP contribution in [-0.4, -0.2) is 27.6 Å². The molecular formula is C14H16ClNO4. The van der Waals surface area contributed by atoms with E-state index in [4.69, 9.17) is 16.7 Å². The van der Waals surface area contributed by atoms with Gasteiger partial charge in [-0.05, 0) is 31.0 Å². The number of phenolic OH excluding ortho intramolecular Hbond substituents is 1. The van der Waals surface area contributed by atoms with Crippen LogP contribution in [0.4, 0.5) is 0 Å². The fraction of sp³-hybridized carbons (Fsp3) is 0.429. The van der Waals surface area contributed by atoms with Crippen LogP contribution in [0.1, 0.15) is 42.5 Å². The molecule has 0 saturated heterocycles. The molecule has 1 aromatic rings. The SMILES string of the molecule is O=C(O)CC1(NC(=O)c2cc(Cl)ccc2O)CCCC1. The Balaban J connectivity index is 2.20. The molecule has 1 fully saturated rings. The fourth-order valence-electron chi connectivity index (χ4n) is 2.69. The van der Waals surface area contributed by atoms with Gasteiger partial charge in [-0.1, -0.05) is 24.4 Å². The van der Waals surface area contributed by atoms with E-state index in [1.807, 2.05) is 0 Å². The van der Waals surface area contributed by atoms with E-state index >= 15 is 0 Å². The lowest BCUT2D eigenvalue weighted by molar-refractivity contribution is -0.138.